The lowest BCUT2D eigenvalue weighted by Crippen LogP contribution is -2.73. The number of carbonyl (C=O) groups excluding carboxylic acids is 2. The molecule has 9 heteroatoms. The topological polar surface area (TPSA) is 86.7 Å². The fraction of sp³-hybridized carbons (Fsp3) is 0.556. The number of halogens is 2. The highest BCUT2D eigenvalue weighted by atomic mass is 19.1. The number of benzene rings is 1. The molecule has 7 nitrogen and oxygen atoms in total. The quantitative estimate of drug-likeness (QED) is 0.204. The molecule has 2 aromatic rings. The van der Waals surface area contributed by atoms with Crippen molar-refractivity contribution in [3.63, 3.8) is 0 Å². The van der Waals surface area contributed by atoms with Crippen LogP contribution in [0.3, 0.4) is 0 Å². The maximum absolute atomic E-state index is 13.1. The largest absolute Gasteiger partial charge is 0.346 e. The summed E-state index contributed by atoms with van der Waals surface area (Å²) >= 11 is 0. The molecule has 0 saturated carbocycles. The Labute approximate surface area is 270 Å². The van der Waals surface area contributed by atoms with E-state index in [0.717, 1.165) is 42.3 Å². The number of aliphatic imine (C=N–C) groups is 1. The van der Waals surface area contributed by atoms with E-state index in [1.807, 2.05) is 53.7 Å². The molecule has 1 aromatic carbocycles. The van der Waals surface area contributed by atoms with Crippen molar-refractivity contribution in [2.45, 2.75) is 112 Å². The van der Waals surface area contributed by atoms with Gasteiger partial charge in [-0.3, -0.25) is 24.5 Å². The second-order valence-electron chi connectivity index (χ2n) is 12.2. The number of amides is 2. The summed E-state index contributed by atoms with van der Waals surface area (Å²) in [6.45, 7) is 24.8. The number of nitrogens with zero attached hydrogens (tertiary/aromatic N) is 3. The molecular weight excluding hydrogens is 572 g/mol. The predicted molar refractivity (Wildman–Crippen MR) is 182 cm³/mol. The number of pyridine rings is 1. The van der Waals surface area contributed by atoms with Gasteiger partial charge in [0, 0.05) is 54.8 Å². The Morgan fingerprint density at radius 3 is 2.22 bits per heavy atom. The summed E-state index contributed by atoms with van der Waals surface area (Å²) in [5.74, 6) is -1.42. The molecule has 1 aromatic heterocycles. The number of aryl methyl sites for hydroxylation is 2. The standard InChI is InChI=1S/C25H40N4O2.C9H9F2N.C2H6/c1-9-11-20(10-2)29-15-25(16-29,28-23(31)17(3)4)14-22(30)27-24(7,8)21-13-18(5)12-19(6)26-21;1-6(12-2)8-4-3-7(10)5-9(8)11;1-2/h12-13,20H,3,9-11,14-16H2,1-2,4-8H3,(H,27,30)(H,28,31);3-5H,1-2H3;1-2H3. The van der Waals surface area contributed by atoms with Crippen molar-refractivity contribution >= 4 is 17.5 Å². The van der Waals surface area contributed by atoms with E-state index in [-0.39, 0.29) is 18.2 Å². The third-order valence-corrected chi connectivity index (χ3v) is 7.73. The van der Waals surface area contributed by atoms with E-state index >= 15 is 0 Å². The first-order valence-electron chi connectivity index (χ1n) is 15.9. The molecule has 1 unspecified atom stereocenters. The van der Waals surface area contributed by atoms with Gasteiger partial charge in [-0.2, -0.15) is 0 Å². The molecule has 2 amide bonds. The first-order chi connectivity index (χ1) is 21.1. The van der Waals surface area contributed by atoms with Crippen LogP contribution in [0.25, 0.3) is 0 Å². The lowest BCUT2D eigenvalue weighted by molar-refractivity contribution is -0.130. The minimum Gasteiger partial charge on any atom is -0.346 e. The van der Waals surface area contributed by atoms with Gasteiger partial charge in [0.1, 0.15) is 11.6 Å². The number of nitrogens with one attached hydrogen (secondary N) is 2. The second kappa shape index (κ2) is 17.9. The van der Waals surface area contributed by atoms with E-state index in [1.165, 1.54) is 12.1 Å². The zero-order valence-corrected chi connectivity index (χ0v) is 29.3. The van der Waals surface area contributed by atoms with E-state index in [0.29, 0.717) is 36.0 Å². The van der Waals surface area contributed by atoms with E-state index < -0.39 is 22.7 Å². The Hall–Kier alpha value is -3.46. The summed E-state index contributed by atoms with van der Waals surface area (Å²) in [7, 11) is 1.57. The lowest BCUT2D eigenvalue weighted by atomic mass is 9.82. The van der Waals surface area contributed by atoms with Crippen LogP contribution in [-0.4, -0.2) is 59.1 Å². The summed E-state index contributed by atoms with van der Waals surface area (Å²) < 4.78 is 25.4. The molecule has 0 aliphatic carbocycles. The number of aromatic nitrogens is 1. The smallest absolute Gasteiger partial charge is 0.246 e. The molecule has 0 radical (unpaired) electrons. The van der Waals surface area contributed by atoms with Gasteiger partial charge < -0.3 is 10.6 Å². The third kappa shape index (κ3) is 11.8. The molecule has 45 heavy (non-hydrogen) atoms. The van der Waals surface area contributed by atoms with Crippen molar-refractivity contribution in [2.75, 3.05) is 20.1 Å². The SMILES string of the molecule is C=C(C)C(=O)NC1(CC(=O)NC(C)(C)c2cc(C)cc(C)n2)CN(C(CC)CCC)C1.CC.CN=C(C)c1ccc(F)cc1F. The van der Waals surface area contributed by atoms with E-state index in [4.69, 9.17) is 0 Å². The molecule has 1 saturated heterocycles. The molecular formula is C36H55F2N5O2. The minimum absolute atomic E-state index is 0.0869. The van der Waals surface area contributed by atoms with Gasteiger partial charge in [-0.15, -0.1) is 0 Å². The normalized spacial score (nSPS) is 14.9. The molecule has 2 heterocycles. The molecule has 2 N–H and O–H groups in total. The third-order valence-electron chi connectivity index (χ3n) is 7.73. The average Bonchev–Trinajstić information content (AvgIpc) is 2.94. The Kier molecular flexibility index (Phi) is 15.7. The minimum atomic E-state index is -0.606. The van der Waals surface area contributed by atoms with Gasteiger partial charge in [0.05, 0.1) is 23.2 Å². The summed E-state index contributed by atoms with van der Waals surface area (Å²) in [6.07, 6.45) is 3.55. The molecule has 1 aliphatic heterocycles. The van der Waals surface area contributed by atoms with Crippen LogP contribution in [0.15, 0.2) is 47.5 Å². The predicted octanol–water partition coefficient (Wildman–Crippen LogP) is 7.20. The first kappa shape index (κ1) is 39.6. The fourth-order valence-corrected chi connectivity index (χ4v) is 5.38. The van der Waals surface area contributed by atoms with Gasteiger partial charge in [-0.1, -0.05) is 40.7 Å². The summed E-state index contributed by atoms with van der Waals surface area (Å²) in [5, 5.41) is 6.24. The molecule has 1 atom stereocenters. The van der Waals surface area contributed by atoms with Crippen LogP contribution >= 0.6 is 0 Å². The summed E-state index contributed by atoms with van der Waals surface area (Å²) in [5.41, 5.74) is 3.08. The van der Waals surface area contributed by atoms with Crippen LogP contribution in [0.2, 0.25) is 0 Å². The highest BCUT2D eigenvalue weighted by Gasteiger charge is 2.47. The highest BCUT2D eigenvalue weighted by Crippen LogP contribution is 2.30. The van der Waals surface area contributed by atoms with Crippen LogP contribution < -0.4 is 10.6 Å². The van der Waals surface area contributed by atoms with Gasteiger partial charge >= 0.3 is 0 Å². The van der Waals surface area contributed by atoms with Crippen molar-refractivity contribution in [2.24, 2.45) is 4.99 Å². The summed E-state index contributed by atoms with van der Waals surface area (Å²) in [6, 6.07) is 7.96. The van der Waals surface area contributed by atoms with E-state index in [9.17, 15) is 18.4 Å². The van der Waals surface area contributed by atoms with Gasteiger partial charge in [0.25, 0.3) is 0 Å². The first-order valence-corrected chi connectivity index (χ1v) is 15.9. The van der Waals surface area contributed by atoms with E-state index in [1.54, 1.807) is 20.9 Å². The Morgan fingerprint density at radius 1 is 1.11 bits per heavy atom. The number of hydrogen-bond acceptors (Lipinski definition) is 5. The molecule has 0 bridgehead atoms. The van der Waals surface area contributed by atoms with Crippen LogP contribution in [0, 0.1) is 25.5 Å². The number of hydrogen-bond donors (Lipinski definition) is 2. The Balaban J connectivity index is 0.000000601. The number of rotatable bonds is 11. The van der Waals surface area contributed by atoms with Crippen LogP contribution in [0.1, 0.15) is 104 Å². The number of likely N-dealkylation sites (tertiary alicyclic amines) is 1. The molecule has 1 fully saturated rings. The van der Waals surface area contributed by atoms with Crippen molar-refractivity contribution in [1.82, 2.24) is 20.5 Å². The van der Waals surface area contributed by atoms with Gasteiger partial charge in [-0.05, 0) is 84.2 Å². The Bertz CT molecular complexity index is 1310. The zero-order valence-electron chi connectivity index (χ0n) is 29.3. The van der Waals surface area contributed by atoms with Crippen LogP contribution in [0.5, 0.6) is 0 Å². The van der Waals surface area contributed by atoms with Crippen LogP contribution in [0.4, 0.5) is 8.78 Å². The molecule has 0 spiro atoms. The van der Waals surface area contributed by atoms with Gasteiger partial charge in [0.2, 0.25) is 11.8 Å². The van der Waals surface area contributed by atoms with Crippen molar-refractivity contribution in [3.05, 3.63) is 76.6 Å². The molecule has 1 aliphatic rings. The van der Waals surface area contributed by atoms with Crippen LogP contribution in [-0.2, 0) is 15.1 Å². The Morgan fingerprint density at radius 2 is 1.73 bits per heavy atom. The number of carbonyl (C=O) groups is 2. The second-order valence-corrected chi connectivity index (χ2v) is 12.2. The maximum Gasteiger partial charge on any atom is 0.246 e. The van der Waals surface area contributed by atoms with Crippen molar-refractivity contribution in [3.8, 4) is 0 Å². The van der Waals surface area contributed by atoms with Gasteiger partial charge in [-0.25, -0.2) is 8.78 Å². The highest BCUT2D eigenvalue weighted by molar-refractivity contribution is 5.98. The van der Waals surface area contributed by atoms with Crippen molar-refractivity contribution < 1.29 is 18.4 Å². The van der Waals surface area contributed by atoms with E-state index in [2.05, 4.69) is 45.9 Å². The monoisotopic (exact) mass is 627 g/mol. The molecule has 250 valence electrons. The zero-order chi connectivity index (χ0) is 34.5. The fourth-order valence-electron chi connectivity index (χ4n) is 5.38. The van der Waals surface area contributed by atoms with Crippen molar-refractivity contribution in [1.29, 1.82) is 0 Å². The maximum atomic E-state index is 13.1. The lowest BCUT2D eigenvalue weighted by Gasteiger charge is -2.53. The average molecular weight is 628 g/mol. The van der Waals surface area contributed by atoms with Gasteiger partial charge in [0.15, 0.2) is 0 Å². The molecule has 3 rings (SSSR count). The summed E-state index contributed by atoms with van der Waals surface area (Å²) in [4.78, 5) is 36.3.